The summed E-state index contributed by atoms with van der Waals surface area (Å²) in [6.07, 6.45) is 0.602. The number of aromatic nitrogens is 2. The van der Waals surface area contributed by atoms with E-state index in [0.29, 0.717) is 84.9 Å². The quantitative estimate of drug-likeness (QED) is 0.118. The molecule has 2 aliphatic rings. The number of carbonyl (C=O) groups is 2. The summed E-state index contributed by atoms with van der Waals surface area (Å²) >= 11 is 0. The highest BCUT2D eigenvalue weighted by Crippen LogP contribution is 2.29. The molecule has 0 unspecified atom stereocenters. The number of halogens is 3. The minimum absolute atomic E-state index is 0. The summed E-state index contributed by atoms with van der Waals surface area (Å²) in [5.41, 5.74) is 4.68. The lowest BCUT2D eigenvalue weighted by molar-refractivity contribution is 0.0657. The van der Waals surface area contributed by atoms with Crippen LogP contribution in [0.2, 0.25) is 0 Å². The third-order valence-corrected chi connectivity index (χ3v) is 10.5. The molecule has 3 N–H and O–H groups in total. The zero-order chi connectivity index (χ0) is 44.3. The Balaban J connectivity index is 0.000000209. The normalized spacial score (nSPS) is 14.3. The van der Waals surface area contributed by atoms with Crippen molar-refractivity contribution in [3.8, 4) is 45.5 Å². The Kier molecular flexibility index (Phi) is 16.3. The summed E-state index contributed by atoms with van der Waals surface area (Å²) in [7, 11) is 2.06. The zero-order valence-corrected chi connectivity index (χ0v) is 36.0. The van der Waals surface area contributed by atoms with Crippen LogP contribution in [0.3, 0.4) is 0 Å². The van der Waals surface area contributed by atoms with E-state index < -0.39 is 12.7 Å². The van der Waals surface area contributed by atoms with Gasteiger partial charge in [-0.15, -0.1) is 12.4 Å². The maximum Gasteiger partial charge on any atom is 0.272 e. The minimum Gasteiger partial charge on any atom is -0.457 e. The molecule has 2 saturated heterocycles. The van der Waals surface area contributed by atoms with Crippen molar-refractivity contribution >= 4 is 30.3 Å². The van der Waals surface area contributed by atoms with Gasteiger partial charge in [0.05, 0.1) is 18.0 Å². The van der Waals surface area contributed by atoms with Gasteiger partial charge in [-0.25, -0.2) is 18.7 Å². The van der Waals surface area contributed by atoms with Crippen LogP contribution in [-0.4, -0.2) is 113 Å². The van der Waals surface area contributed by atoms with Gasteiger partial charge in [-0.05, 0) is 140 Å². The number of ether oxygens (including phenoxy) is 2. The number of carbonyl (C=O) groups excluding carboxylic acids is 2. The van der Waals surface area contributed by atoms with Crippen LogP contribution >= 0.6 is 12.4 Å². The molecule has 2 amide bonds. The molecular formula is C49H49ClF2N6O6. The smallest absolute Gasteiger partial charge is 0.272 e. The van der Waals surface area contributed by atoms with Crippen LogP contribution in [0.1, 0.15) is 38.2 Å². The fourth-order valence-corrected chi connectivity index (χ4v) is 6.90. The number of benzene rings is 4. The molecule has 332 valence electrons. The fraction of sp³-hybridized carbons (Fsp3) is 0.224. The third kappa shape index (κ3) is 12.3. The highest BCUT2D eigenvalue weighted by Gasteiger charge is 2.24. The van der Waals surface area contributed by atoms with E-state index in [1.807, 2.05) is 35.2 Å². The predicted octanol–water partition coefficient (Wildman–Crippen LogP) is 7.88. The maximum absolute atomic E-state index is 13.1. The van der Waals surface area contributed by atoms with Crippen molar-refractivity contribution in [1.29, 1.82) is 0 Å². The molecule has 0 bridgehead atoms. The average Bonchev–Trinajstić information content (AvgIpc) is 3.33. The molecule has 8 rings (SSSR count). The fourth-order valence-electron chi connectivity index (χ4n) is 6.90. The third-order valence-electron chi connectivity index (χ3n) is 10.5. The Morgan fingerprint density at radius 3 is 1.55 bits per heavy atom. The highest BCUT2D eigenvalue weighted by molar-refractivity contribution is 5.94. The molecule has 0 aliphatic carbocycles. The summed E-state index contributed by atoms with van der Waals surface area (Å²) in [5, 5.41) is 22.8. The first kappa shape index (κ1) is 46.9. The van der Waals surface area contributed by atoms with Crippen LogP contribution in [0.5, 0.6) is 23.0 Å². The van der Waals surface area contributed by atoms with Gasteiger partial charge >= 0.3 is 0 Å². The molecule has 64 heavy (non-hydrogen) atoms. The lowest BCUT2D eigenvalue weighted by atomic mass is 10.0. The molecule has 4 aromatic carbocycles. The summed E-state index contributed by atoms with van der Waals surface area (Å²) in [5.74, 6) is 1.33. The van der Waals surface area contributed by atoms with Gasteiger partial charge in [-0.1, -0.05) is 12.7 Å². The number of amides is 2. The first-order chi connectivity index (χ1) is 30.5. The number of nitrogens with one attached hydrogen (secondary N) is 1. The van der Waals surface area contributed by atoms with E-state index in [4.69, 9.17) is 9.47 Å². The summed E-state index contributed by atoms with van der Waals surface area (Å²) in [6.45, 7) is 9.08. The van der Waals surface area contributed by atoms with Gasteiger partial charge in [0.15, 0.2) is 0 Å². The number of aliphatic hydroxyl groups is 2. The maximum atomic E-state index is 13.1. The van der Waals surface area contributed by atoms with E-state index in [-0.39, 0.29) is 41.5 Å². The van der Waals surface area contributed by atoms with E-state index in [0.717, 1.165) is 29.8 Å². The monoisotopic (exact) mass is 890 g/mol. The lowest BCUT2D eigenvalue weighted by Crippen LogP contribution is -2.47. The van der Waals surface area contributed by atoms with Crippen LogP contribution in [-0.2, 0) is 0 Å². The molecule has 2 aromatic heterocycles. The van der Waals surface area contributed by atoms with Gasteiger partial charge < -0.3 is 39.7 Å². The van der Waals surface area contributed by atoms with Crippen LogP contribution < -0.4 is 14.8 Å². The topological polar surface area (TPSA) is 141 Å². The van der Waals surface area contributed by atoms with E-state index in [2.05, 4.69) is 33.8 Å². The lowest BCUT2D eigenvalue weighted by Gasteiger charge is -2.32. The van der Waals surface area contributed by atoms with Crippen LogP contribution in [0.25, 0.3) is 28.6 Å². The number of hydrogen-bond donors (Lipinski definition) is 3. The number of aliphatic hydroxyl groups excluding tert-OH is 2. The van der Waals surface area contributed by atoms with Crippen molar-refractivity contribution in [2.75, 3.05) is 66.0 Å². The van der Waals surface area contributed by atoms with Crippen LogP contribution in [0.4, 0.5) is 8.78 Å². The van der Waals surface area contributed by atoms with Crippen LogP contribution in [0.15, 0.2) is 128 Å². The zero-order valence-electron chi connectivity index (χ0n) is 35.2. The van der Waals surface area contributed by atoms with E-state index in [1.165, 1.54) is 30.3 Å². The Morgan fingerprint density at radius 2 is 1.09 bits per heavy atom. The second-order valence-corrected chi connectivity index (χ2v) is 15.0. The van der Waals surface area contributed by atoms with Gasteiger partial charge in [-0.3, -0.25) is 9.59 Å². The molecule has 4 heterocycles. The summed E-state index contributed by atoms with van der Waals surface area (Å²) < 4.78 is 37.6. The van der Waals surface area contributed by atoms with E-state index in [1.54, 1.807) is 71.6 Å². The van der Waals surface area contributed by atoms with Crippen molar-refractivity contribution in [2.24, 2.45) is 0 Å². The van der Waals surface area contributed by atoms with Crippen molar-refractivity contribution in [3.05, 3.63) is 162 Å². The Bertz CT molecular complexity index is 2500. The van der Waals surface area contributed by atoms with Crippen molar-refractivity contribution < 1.29 is 38.1 Å². The average molecular weight is 891 g/mol. The molecule has 2 fully saturated rings. The van der Waals surface area contributed by atoms with Crippen molar-refractivity contribution in [1.82, 2.24) is 30.0 Å². The largest absolute Gasteiger partial charge is 0.457 e. The molecular weight excluding hydrogens is 842 g/mol. The predicted molar refractivity (Wildman–Crippen MR) is 244 cm³/mol. The van der Waals surface area contributed by atoms with E-state index >= 15 is 0 Å². The van der Waals surface area contributed by atoms with Gasteiger partial charge in [0.1, 0.15) is 52.1 Å². The number of likely N-dealkylation sites (N-methyl/N-ethyl adjacent to an activating group) is 1. The van der Waals surface area contributed by atoms with E-state index in [9.17, 15) is 28.6 Å². The molecule has 6 aromatic rings. The van der Waals surface area contributed by atoms with Gasteiger partial charge in [0, 0.05) is 63.5 Å². The standard InChI is InChI=1S/C25H24FN3O2.C24H24FN3O4.ClH/c1-3-18-16-23(27-24(17-18)25(30)29-14-12-28(2)13-15-29)19-4-8-21(9-5-19)31-22-10-6-20(26)7-11-22;25-18-3-7-20(8-4-18)32-19-5-1-16(2-6-19)21-13-17(23(30)15-29)14-22(27-21)24(31)28-11-9-26-10-12-28;/h3-11,16-17H,1,12-15H2,2H3;1-8,13-14,23,26,29-30H,9-12,15H2;1H/t;23-;/m.1./s1. The number of nitrogens with zero attached hydrogens (tertiary/aromatic N) is 5. The molecule has 0 spiro atoms. The summed E-state index contributed by atoms with van der Waals surface area (Å²) in [4.78, 5) is 40.9. The minimum atomic E-state index is -1.12. The highest BCUT2D eigenvalue weighted by atomic mass is 35.5. The Morgan fingerprint density at radius 1 is 0.672 bits per heavy atom. The first-order valence-corrected chi connectivity index (χ1v) is 20.6. The van der Waals surface area contributed by atoms with Crippen molar-refractivity contribution in [2.45, 2.75) is 6.10 Å². The second kappa shape index (κ2) is 22.2. The molecule has 0 radical (unpaired) electrons. The Labute approximate surface area is 376 Å². The summed E-state index contributed by atoms with van der Waals surface area (Å²) in [6, 6.07) is 32.9. The van der Waals surface area contributed by atoms with Crippen molar-refractivity contribution in [3.63, 3.8) is 0 Å². The Hall–Kier alpha value is -6.55. The number of rotatable bonds is 11. The molecule has 12 nitrogen and oxygen atoms in total. The van der Waals surface area contributed by atoms with Crippen LogP contribution in [0, 0.1) is 11.6 Å². The molecule has 2 aliphatic heterocycles. The number of piperazine rings is 2. The second-order valence-electron chi connectivity index (χ2n) is 15.0. The number of hydrogen-bond acceptors (Lipinski definition) is 10. The molecule has 1 atom stereocenters. The van der Waals surface area contributed by atoms with Gasteiger partial charge in [-0.2, -0.15) is 0 Å². The first-order valence-electron chi connectivity index (χ1n) is 20.6. The SMILES string of the molecule is C=Cc1cc(C(=O)N2CCN(C)CC2)nc(-c2ccc(Oc3ccc(F)cc3)cc2)c1.Cl.O=C(c1cc([C@H](O)CO)cc(-c2ccc(Oc3ccc(F)cc3)cc2)n1)N1CCNCC1. The number of pyridine rings is 2. The van der Waals surface area contributed by atoms with Gasteiger partial charge in [0.25, 0.3) is 11.8 Å². The van der Waals surface area contributed by atoms with Gasteiger partial charge in [0.2, 0.25) is 0 Å². The molecule has 15 heteroatoms. The molecule has 0 saturated carbocycles.